The number of likely N-dealkylation sites (tertiary alicyclic amines) is 1. The number of hydrogen-bond acceptors (Lipinski definition) is 2. The van der Waals surface area contributed by atoms with E-state index in [4.69, 9.17) is 4.74 Å². The van der Waals surface area contributed by atoms with Gasteiger partial charge in [-0.2, -0.15) is 0 Å². The molecule has 0 aromatic heterocycles. The minimum atomic E-state index is 0.427. The van der Waals surface area contributed by atoms with Crippen LogP contribution in [-0.2, 0) is 4.74 Å². The third-order valence-electron chi connectivity index (χ3n) is 2.84. The number of piperidine rings is 1. The fourth-order valence-electron chi connectivity index (χ4n) is 2.56. The second kappa shape index (κ2) is 3.25. The molecular formula is C11H21NO. The summed E-state index contributed by atoms with van der Waals surface area (Å²) in [5.74, 6) is 0.820. The van der Waals surface area contributed by atoms with Gasteiger partial charge in [-0.3, -0.25) is 4.90 Å². The number of nitrogens with zero attached hydrogens (tertiary/aromatic N) is 1. The zero-order chi connectivity index (χ0) is 9.47. The lowest BCUT2D eigenvalue weighted by atomic mass is 9.93. The summed E-state index contributed by atoms with van der Waals surface area (Å²) in [4.78, 5) is 2.58. The minimum Gasteiger partial charge on any atom is -0.377 e. The molecular weight excluding hydrogens is 162 g/mol. The first-order valence-electron chi connectivity index (χ1n) is 5.37. The van der Waals surface area contributed by atoms with Crippen LogP contribution in [0.3, 0.4) is 0 Å². The van der Waals surface area contributed by atoms with Crippen molar-refractivity contribution in [2.75, 3.05) is 26.2 Å². The van der Waals surface area contributed by atoms with E-state index >= 15 is 0 Å². The molecule has 2 rings (SSSR count). The summed E-state index contributed by atoms with van der Waals surface area (Å²) < 4.78 is 5.68. The molecule has 2 atom stereocenters. The fourth-order valence-corrected chi connectivity index (χ4v) is 2.56. The first kappa shape index (κ1) is 9.47. The molecule has 0 amide bonds. The molecule has 0 aromatic rings. The Labute approximate surface area is 81.3 Å². The molecule has 2 bridgehead atoms. The van der Waals surface area contributed by atoms with Crippen LogP contribution in [0.4, 0.5) is 0 Å². The Hall–Kier alpha value is -0.0800. The highest BCUT2D eigenvalue weighted by molar-refractivity contribution is 4.86. The molecule has 2 unspecified atom stereocenters. The monoisotopic (exact) mass is 183 g/mol. The molecule has 2 saturated heterocycles. The lowest BCUT2D eigenvalue weighted by molar-refractivity contribution is 0.0710. The largest absolute Gasteiger partial charge is 0.377 e. The Morgan fingerprint density at radius 3 is 2.69 bits per heavy atom. The molecule has 2 fully saturated rings. The molecule has 0 aliphatic carbocycles. The number of ether oxygens (including phenoxy) is 1. The predicted molar refractivity (Wildman–Crippen MR) is 53.7 cm³/mol. The number of hydrogen-bond donors (Lipinski definition) is 0. The summed E-state index contributed by atoms with van der Waals surface area (Å²) in [6.07, 6.45) is 1.85. The van der Waals surface area contributed by atoms with Gasteiger partial charge in [0.25, 0.3) is 0 Å². The normalized spacial score (nSPS) is 35.3. The van der Waals surface area contributed by atoms with Crippen LogP contribution in [0, 0.1) is 11.3 Å². The van der Waals surface area contributed by atoms with Gasteiger partial charge in [-0.05, 0) is 17.8 Å². The van der Waals surface area contributed by atoms with Gasteiger partial charge in [0.15, 0.2) is 0 Å². The summed E-state index contributed by atoms with van der Waals surface area (Å²) in [7, 11) is 0. The Bertz CT molecular complexity index is 173. The van der Waals surface area contributed by atoms with Crippen molar-refractivity contribution in [1.29, 1.82) is 0 Å². The van der Waals surface area contributed by atoms with Crippen LogP contribution >= 0.6 is 0 Å². The van der Waals surface area contributed by atoms with Crippen molar-refractivity contribution in [2.24, 2.45) is 11.3 Å². The van der Waals surface area contributed by atoms with Gasteiger partial charge < -0.3 is 4.74 Å². The van der Waals surface area contributed by atoms with Crippen LogP contribution < -0.4 is 0 Å². The van der Waals surface area contributed by atoms with Crippen molar-refractivity contribution in [3.8, 4) is 0 Å². The first-order valence-corrected chi connectivity index (χ1v) is 5.37. The van der Waals surface area contributed by atoms with Gasteiger partial charge in [-0.15, -0.1) is 0 Å². The Morgan fingerprint density at radius 2 is 2.08 bits per heavy atom. The molecule has 0 aromatic carbocycles. The van der Waals surface area contributed by atoms with E-state index in [1.165, 1.54) is 19.5 Å². The number of rotatable bonds is 1. The maximum atomic E-state index is 5.68. The summed E-state index contributed by atoms with van der Waals surface area (Å²) >= 11 is 0. The van der Waals surface area contributed by atoms with E-state index in [9.17, 15) is 0 Å². The Morgan fingerprint density at radius 1 is 1.31 bits per heavy atom. The topological polar surface area (TPSA) is 12.5 Å². The maximum absolute atomic E-state index is 5.68. The van der Waals surface area contributed by atoms with Gasteiger partial charge >= 0.3 is 0 Å². The molecule has 0 N–H and O–H groups in total. The van der Waals surface area contributed by atoms with E-state index in [1.807, 2.05) is 0 Å². The van der Waals surface area contributed by atoms with Gasteiger partial charge in [0.2, 0.25) is 0 Å². The highest BCUT2D eigenvalue weighted by Crippen LogP contribution is 2.28. The van der Waals surface area contributed by atoms with Crippen LogP contribution in [0.15, 0.2) is 0 Å². The minimum absolute atomic E-state index is 0.427. The van der Waals surface area contributed by atoms with Crippen LogP contribution in [-0.4, -0.2) is 37.2 Å². The zero-order valence-corrected chi connectivity index (χ0v) is 9.05. The summed E-state index contributed by atoms with van der Waals surface area (Å²) in [5, 5.41) is 0. The van der Waals surface area contributed by atoms with Crippen LogP contribution in [0.5, 0.6) is 0 Å². The maximum Gasteiger partial charge on any atom is 0.0706 e. The standard InChI is InChI=1S/C11H21NO/c1-11(2,3)8-12-5-9-4-10(6-12)13-7-9/h9-10H,4-8H2,1-3H3. The van der Waals surface area contributed by atoms with E-state index < -0.39 is 0 Å². The first-order chi connectivity index (χ1) is 6.03. The van der Waals surface area contributed by atoms with Crippen LogP contribution in [0.25, 0.3) is 0 Å². The molecule has 0 spiro atoms. The Balaban J connectivity index is 1.88. The average molecular weight is 183 g/mol. The van der Waals surface area contributed by atoms with Crippen molar-refractivity contribution < 1.29 is 4.74 Å². The van der Waals surface area contributed by atoms with E-state index in [1.54, 1.807) is 0 Å². The zero-order valence-electron chi connectivity index (χ0n) is 9.05. The van der Waals surface area contributed by atoms with E-state index in [0.29, 0.717) is 11.5 Å². The van der Waals surface area contributed by atoms with Gasteiger partial charge in [0.1, 0.15) is 0 Å². The quantitative estimate of drug-likeness (QED) is 0.614. The predicted octanol–water partition coefficient (Wildman–Crippen LogP) is 1.75. The van der Waals surface area contributed by atoms with Crippen molar-refractivity contribution in [3.05, 3.63) is 0 Å². The third-order valence-corrected chi connectivity index (χ3v) is 2.84. The molecule has 0 saturated carbocycles. The SMILES string of the molecule is CC(C)(C)CN1CC2COC(C2)C1. The second-order valence-electron chi connectivity index (χ2n) is 5.81. The molecule has 0 radical (unpaired) electrons. The van der Waals surface area contributed by atoms with Crippen molar-refractivity contribution in [3.63, 3.8) is 0 Å². The summed E-state index contributed by atoms with van der Waals surface area (Å²) in [6, 6.07) is 0. The summed E-state index contributed by atoms with van der Waals surface area (Å²) in [6.45, 7) is 11.6. The molecule has 2 aliphatic heterocycles. The van der Waals surface area contributed by atoms with Crippen molar-refractivity contribution >= 4 is 0 Å². The molecule has 76 valence electrons. The van der Waals surface area contributed by atoms with E-state index in [-0.39, 0.29) is 0 Å². The van der Waals surface area contributed by atoms with Crippen molar-refractivity contribution in [1.82, 2.24) is 4.90 Å². The number of fused-ring (bicyclic) bond motifs is 2. The third kappa shape index (κ3) is 2.44. The van der Waals surface area contributed by atoms with E-state index in [0.717, 1.165) is 19.1 Å². The highest BCUT2D eigenvalue weighted by atomic mass is 16.5. The molecule has 13 heavy (non-hydrogen) atoms. The summed E-state index contributed by atoms with van der Waals surface area (Å²) in [5.41, 5.74) is 0.427. The van der Waals surface area contributed by atoms with Crippen LogP contribution in [0.2, 0.25) is 0 Å². The van der Waals surface area contributed by atoms with Gasteiger partial charge in [0, 0.05) is 19.6 Å². The molecule has 2 heterocycles. The van der Waals surface area contributed by atoms with Crippen molar-refractivity contribution in [2.45, 2.75) is 33.3 Å². The lowest BCUT2D eigenvalue weighted by Gasteiger charge is -2.34. The van der Waals surface area contributed by atoms with Gasteiger partial charge in [0.05, 0.1) is 12.7 Å². The van der Waals surface area contributed by atoms with Crippen LogP contribution in [0.1, 0.15) is 27.2 Å². The average Bonchev–Trinajstić information content (AvgIpc) is 2.27. The second-order valence-corrected chi connectivity index (χ2v) is 5.81. The molecule has 2 heteroatoms. The highest BCUT2D eigenvalue weighted by Gasteiger charge is 2.34. The molecule has 2 nitrogen and oxygen atoms in total. The van der Waals surface area contributed by atoms with Gasteiger partial charge in [-0.25, -0.2) is 0 Å². The fraction of sp³-hybridized carbons (Fsp3) is 1.00. The smallest absolute Gasteiger partial charge is 0.0706 e. The van der Waals surface area contributed by atoms with Gasteiger partial charge in [-0.1, -0.05) is 20.8 Å². The lowest BCUT2D eigenvalue weighted by Crippen LogP contribution is -2.43. The molecule has 2 aliphatic rings. The Kier molecular flexibility index (Phi) is 2.37. The van der Waals surface area contributed by atoms with E-state index in [2.05, 4.69) is 25.7 Å².